The van der Waals surface area contributed by atoms with Gasteiger partial charge < -0.3 is 15.2 Å². The van der Waals surface area contributed by atoms with Crippen LogP contribution in [0.3, 0.4) is 0 Å². The molecule has 2 N–H and O–H groups in total. The van der Waals surface area contributed by atoms with Crippen LogP contribution in [0.2, 0.25) is 0 Å². The average Bonchev–Trinajstić information content (AvgIpc) is 2.42. The highest BCUT2D eigenvalue weighted by Gasteiger charge is 2.26. The van der Waals surface area contributed by atoms with E-state index in [4.69, 9.17) is 15.2 Å². The van der Waals surface area contributed by atoms with Crippen molar-refractivity contribution in [1.82, 2.24) is 0 Å². The Morgan fingerprint density at radius 3 is 2.84 bits per heavy atom. The van der Waals surface area contributed by atoms with E-state index >= 15 is 0 Å². The third kappa shape index (κ3) is 3.23. The molecule has 0 heterocycles. The maximum atomic E-state index is 13.3. The van der Waals surface area contributed by atoms with Gasteiger partial charge in [0.1, 0.15) is 11.9 Å². The number of carbonyl (C=O) groups excluding carboxylic acids is 1. The molecule has 1 aromatic rings. The van der Waals surface area contributed by atoms with E-state index in [2.05, 4.69) is 0 Å². The van der Waals surface area contributed by atoms with Crippen LogP contribution >= 0.6 is 0 Å². The highest BCUT2D eigenvalue weighted by atomic mass is 19.1. The van der Waals surface area contributed by atoms with Gasteiger partial charge in [-0.3, -0.25) is 0 Å². The first-order valence-electron chi connectivity index (χ1n) is 6.39. The van der Waals surface area contributed by atoms with Crippen molar-refractivity contribution in [2.45, 2.75) is 37.9 Å². The van der Waals surface area contributed by atoms with Gasteiger partial charge in [-0.2, -0.15) is 0 Å². The van der Waals surface area contributed by atoms with Gasteiger partial charge in [0.25, 0.3) is 0 Å². The molecule has 0 aromatic heterocycles. The lowest BCUT2D eigenvalue weighted by Crippen LogP contribution is -2.29. The summed E-state index contributed by atoms with van der Waals surface area (Å²) in [5.41, 5.74) is 5.46. The zero-order valence-electron chi connectivity index (χ0n) is 10.9. The Morgan fingerprint density at radius 2 is 2.11 bits per heavy atom. The molecule has 0 aliphatic heterocycles. The third-order valence-corrected chi connectivity index (χ3v) is 3.46. The number of rotatable bonds is 3. The van der Waals surface area contributed by atoms with Gasteiger partial charge in [0.15, 0.2) is 0 Å². The van der Waals surface area contributed by atoms with Crippen molar-refractivity contribution in [2.75, 3.05) is 12.8 Å². The monoisotopic (exact) mass is 267 g/mol. The molecule has 2 atom stereocenters. The minimum absolute atomic E-state index is 0.0829. The molecular formula is C14H18FNO3. The summed E-state index contributed by atoms with van der Waals surface area (Å²) in [4.78, 5) is 12.0. The molecular weight excluding hydrogens is 249 g/mol. The largest absolute Gasteiger partial charge is 0.459 e. The predicted molar refractivity (Wildman–Crippen MR) is 69.3 cm³/mol. The van der Waals surface area contributed by atoms with E-state index in [0.29, 0.717) is 6.42 Å². The second-order valence-corrected chi connectivity index (χ2v) is 4.75. The number of para-hydroxylation sites is 1. The Hall–Kier alpha value is -1.62. The number of hydrogen-bond acceptors (Lipinski definition) is 4. The number of carbonyl (C=O) groups is 1. The van der Waals surface area contributed by atoms with E-state index < -0.39 is 11.8 Å². The van der Waals surface area contributed by atoms with Crippen LogP contribution in [0.25, 0.3) is 0 Å². The molecule has 0 radical (unpaired) electrons. The van der Waals surface area contributed by atoms with Crippen LogP contribution in [0, 0.1) is 5.82 Å². The number of hydrogen-bond donors (Lipinski definition) is 1. The SMILES string of the molecule is COC1CCCC(OC(=O)c2cccc(F)c2N)C1. The van der Waals surface area contributed by atoms with Crippen molar-refractivity contribution >= 4 is 11.7 Å². The number of nitrogens with two attached hydrogens (primary N) is 1. The Morgan fingerprint density at radius 1 is 1.37 bits per heavy atom. The third-order valence-electron chi connectivity index (χ3n) is 3.46. The average molecular weight is 267 g/mol. The summed E-state index contributed by atoms with van der Waals surface area (Å²) in [5.74, 6) is -1.17. The quantitative estimate of drug-likeness (QED) is 0.675. The van der Waals surface area contributed by atoms with Crippen LogP contribution in [0.15, 0.2) is 18.2 Å². The predicted octanol–water partition coefficient (Wildman–Crippen LogP) is 2.52. The van der Waals surface area contributed by atoms with E-state index in [-0.39, 0.29) is 23.5 Å². The van der Waals surface area contributed by atoms with Crippen molar-refractivity contribution in [3.8, 4) is 0 Å². The topological polar surface area (TPSA) is 61.5 Å². The number of methoxy groups -OCH3 is 1. The van der Waals surface area contributed by atoms with Gasteiger partial charge in [-0.05, 0) is 31.4 Å². The van der Waals surface area contributed by atoms with E-state index in [1.54, 1.807) is 7.11 Å². The van der Waals surface area contributed by atoms with Crippen molar-refractivity contribution in [2.24, 2.45) is 0 Å². The first-order chi connectivity index (χ1) is 9.11. The smallest absolute Gasteiger partial charge is 0.340 e. The lowest BCUT2D eigenvalue weighted by molar-refractivity contribution is -0.0148. The van der Waals surface area contributed by atoms with Gasteiger partial charge in [-0.15, -0.1) is 0 Å². The van der Waals surface area contributed by atoms with E-state index in [0.717, 1.165) is 19.3 Å². The summed E-state index contributed by atoms with van der Waals surface area (Å²) in [6.45, 7) is 0. The van der Waals surface area contributed by atoms with Crippen LogP contribution in [0.1, 0.15) is 36.0 Å². The molecule has 2 unspecified atom stereocenters. The van der Waals surface area contributed by atoms with Gasteiger partial charge in [0.05, 0.1) is 17.4 Å². The van der Waals surface area contributed by atoms with E-state index in [1.165, 1.54) is 18.2 Å². The fraction of sp³-hybridized carbons (Fsp3) is 0.500. The molecule has 4 nitrogen and oxygen atoms in total. The Kier molecular flexibility index (Phi) is 4.37. The fourth-order valence-corrected chi connectivity index (χ4v) is 2.35. The van der Waals surface area contributed by atoms with Crippen LogP contribution in [-0.2, 0) is 9.47 Å². The number of halogens is 1. The number of esters is 1. The highest BCUT2D eigenvalue weighted by Crippen LogP contribution is 2.25. The summed E-state index contributed by atoms with van der Waals surface area (Å²) < 4.78 is 23.9. The zero-order chi connectivity index (χ0) is 13.8. The fourth-order valence-electron chi connectivity index (χ4n) is 2.35. The van der Waals surface area contributed by atoms with Crippen LogP contribution < -0.4 is 5.73 Å². The Labute approximate surface area is 111 Å². The number of benzene rings is 1. The standard InChI is InChI=1S/C14H18FNO3/c1-18-9-4-2-5-10(8-9)19-14(17)11-6-3-7-12(15)13(11)16/h3,6-7,9-10H,2,4-5,8,16H2,1H3. The molecule has 1 aromatic carbocycles. The minimum Gasteiger partial charge on any atom is -0.459 e. The normalized spacial score (nSPS) is 23.1. The Balaban J connectivity index is 2.02. The molecule has 104 valence electrons. The van der Waals surface area contributed by atoms with Crippen LogP contribution in [0.5, 0.6) is 0 Å². The highest BCUT2D eigenvalue weighted by molar-refractivity contribution is 5.95. The Bertz CT molecular complexity index is 464. The first-order valence-corrected chi connectivity index (χ1v) is 6.39. The maximum absolute atomic E-state index is 13.3. The molecule has 5 heteroatoms. The lowest BCUT2D eigenvalue weighted by atomic mass is 9.95. The van der Waals surface area contributed by atoms with Crippen LogP contribution in [0.4, 0.5) is 10.1 Å². The molecule has 0 saturated heterocycles. The lowest BCUT2D eigenvalue weighted by Gasteiger charge is -2.28. The van der Waals surface area contributed by atoms with Gasteiger partial charge in [0.2, 0.25) is 0 Å². The zero-order valence-corrected chi connectivity index (χ0v) is 10.9. The van der Waals surface area contributed by atoms with Crippen molar-refractivity contribution in [1.29, 1.82) is 0 Å². The minimum atomic E-state index is -0.604. The van der Waals surface area contributed by atoms with Crippen LogP contribution in [-0.4, -0.2) is 25.3 Å². The first kappa shape index (κ1) is 13.8. The van der Waals surface area contributed by atoms with Crippen molar-refractivity contribution in [3.63, 3.8) is 0 Å². The summed E-state index contributed by atoms with van der Waals surface area (Å²) in [6, 6.07) is 4.13. The second kappa shape index (κ2) is 6.02. The van der Waals surface area contributed by atoms with Gasteiger partial charge >= 0.3 is 5.97 Å². The molecule has 0 bridgehead atoms. The molecule has 19 heavy (non-hydrogen) atoms. The summed E-state index contributed by atoms with van der Waals surface area (Å²) in [6.07, 6.45) is 3.35. The summed E-state index contributed by atoms with van der Waals surface area (Å²) in [5, 5.41) is 0. The molecule has 2 rings (SSSR count). The van der Waals surface area contributed by atoms with Crippen molar-refractivity contribution in [3.05, 3.63) is 29.6 Å². The second-order valence-electron chi connectivity index (χ2n) is 4.75. The number of ether oxygens (including phenoxy) is 2. The van der Waals surface area contributed by atoms with Crippen molar-refractivity contribution < 1.29 is 18.7 Å². The maximum Gasteiger partial charge on any atom is 0.340 e. The molecule has 1 aliphatic rings. The van der Waals surface area contributed by atoms with E-state index in [1.807, 2.05) is 0 Å². The molecule has 0 spiro atoms. The molecule has 1 aliphatic carbocycles. The summed E-state index contributed by atoms with van der Waals surface area (Å²) >= 11 is 0. The molecule has 1 fully saturated rings. The molecule has 1 saturated carbocycles. The van der Waals surface area contributed by atoms with E-state index in [9.17, 15) is 9.18 Å². The molecule has 0 amide bonds. The number of anilines is 1. The number of nitrogen functional groups attached to an aromatic ring is 1. The van der Waals surface area contributed by atoms with Gasteiger partial charge in [-0.25, -0.2) is 9.18 Å². The van der Waals surface area contributed by atoms with Gasteiger partial charge in [-0.1, -0.05) is 6.07 Å². The summed E-state index contributed by atoms with van der Waals surface area (Å²) in [7, 11) is 1.65. The van der Waals surface area contributed by atoms with Gasteiger partial charge in [0, 0.05) is 13.5 Å².